The number of para-hydroxylation sites is 1. The van der Waals surface area contributed by atoms with Crippen molar-refractivity contribution in [2.24, 2.45) is 0 Å². The van der Waals surface area contributed by atoms with Gasteiger partial charge in [0.2, 0.25) is 0 Å². The molecule has 2 rings (SSSR count). The molecule has 0 atom stereocenters. The lowest BCUT2D eigenvalue weighted by Gasteiger charge is -2.28. The summed E-state index contributed by atoms with van der Waals surface area (Å²) in [7, 11) is -3.14. The third-order valence-corrected chi connectivity index (χ3v) is 4.08. The fourth-order valence-corrected chi connectivity index (χ4v) is 3.07. The zero-order valence-electron chi connectivity index (χ0n) is 7.55. The van der Waals surface area contributed by atoms with Crippen molar-refractivity contribution in [2.75, 3.05) is 23.9 Å². The Hall–Kier alpha value is -1.07. The van der Waals surface area contributed by atoms with Gasteiger partial charge in [-0.1, -0.05) is 12.1 Å². The minimum absolute atomic E-state index is 0.0740. The van der Waals surface area contributed by atoms with E-state index in [0.29, 0.717) is 17.1 Å². The number of aliphatic hydroxyl groups excluding tert-OH is 1. The summed E-state index contributed by atoms with van der Waals surface area (Å²) in [4.78, 5) is 1.97. The molecule has 76 valence electrons. The molecule has 0 aliphatic carbocycles. The van der Waals surface area contributed by atoms with E-state index >= 15 is 0 Å². The molecule has 0 aromatic heterocycles. The van der Waals surface area contributed by atoms with Crippen LogP contribution >= 0.6 is 0 Å². The molecule has 0 fully saturated rings. The lowest BCUT2D eigenvalue weighted by Crippen LogP contribution is -2.35. The average Bonchev–Trinajstić information content (AvgIpc) is 2.18. The molecule has 1 aromatic carbocycles. The summed E-state index contributed by atoms with van der Waals surface area (Å²) >= 11 is 0. The summed E-state index contributed by atoms with van der Waals surface area (Å²) < 4.78 is 23.3. The molecule has 1 heterocycles. The molecule has 1 N–H and O–H groups in total. The van der Waals surface area contributed by atoms with Crippen LogP contribution in [0, 0.1) is 0 Å². The van der Waals surface area contributed by atoms with Crippen molar-refractivity contribution in [2.45, 2.75) is 4.90 Å². The van der Waals surface area contributed by atoms with Crippen LogP contribution in [0.5, 0.6) is 0 Å². The minimum Gasteiger partial charge on any atom is -0.376 e. The molecule has 14 heavy (non-hydrogen) atoms. The highest BCUT2D eigenvalue weighted by Gasteiger charge is 2.27. The van der Waals surface area contributed by atoms with Crippen LogP contribution in [0.25, 0.3) is 0 Å². The topological polar surface area (TPSA) is 57.6 Å². The Kier molecular flexibility index (Phi) is 2.20. The zero-order valence-corrected chi connectivity index (χ0v) is 8.37. The van der Waals surface area contributed by atoms with Crippen molar-refractivity contribution >= 4 is 15.5 Å². The first kappa shape index (κ1) is 9.48. The lowest BCUT2D eigenvalue weighted by atomic mass is 10.3. The molecule has 0 spiro atoms. The van der Waals surface area contributed by atoms with E-state index in [1.807, 2.05) is 0 Å². The second-order valence-electron chi connectivity index (χ2n) is 3.19. The Morgan fingerprint density at radius 2 is 2.07 bits per heavy atom. The molecule has 1 aromatic rings. The van der Waals surface area contributed by atoms with E-state index in [-0.39, 0.29) is 12.5 Å². The fraction of sp³-hybridized carbons (Fsp3) is 0.333. The van der Waals surface area contributed by atoms with Crippen molar-refractivity contribution in [1.29, 1.82) is 0 Å². The Labute approximate surface area is 82.7 Å². The van der Waals surface area contributed by atoms with Gasteiger partial charge in [0, 0.05) is 6.54 Å². The van der Waals surface area contributed by atoms with E-state index in [1.54, 1.807) is 29.2 Å². The van der Waals surface area contributed by atoms with Gasteiger partial charge in [-0.25, -0.2) is 8.42 Å². The van der Waals surface area contributed by atoms with Crippen LogP contribution in [-0.2, 0) is 9.84 Å². The maximum absolute atomic E-state index is 11.6. The molecule has 5 heteroatoms. The quantitative estimate of drug-likeness (QED) is 0.725. The van der Waals surface area contributed by atoms with Gasteiger partial charge in [-0.2, -0.15) is 0 Å². The number of rotatable bonds is 1. The number of hydrogen-bond donors (Lipinski definition) is 1. The first-order valence-corrected chi connectivity index (χ1v) is 5.98. The van der Waals surface area contributed by atoms with Crippen molar-refractivity contribution in [3.63, 3.8) is 0 Å². The second kappa shape index (κ2) is 3.25. The summed E-state index contributed by atoms with van der Waals surface area (Å²) in [6.45, 7) is 0.211. The van der Waals surface area contributed by atoms with Crippen LogP contribution in [0.3, 0.4) is 0 Å². The molecule has 0 saturated carbocycles. The van der Waals surface area contributed by atoms with Gasteiger partial charge in [0.25, 0.3) is 0 Å². The van der Waals surface area contributed by atoms with E-state index in [9.17, 15) is 8.42 Å². The number of aliphatic hydroxyl groups is 1. The highest BCUT2D eigenvalue weighted by Crippen LogP contribution is 2.29. The zero-order chi connectivity index (χ0) is 10.2. The van der Waals surface area contributed by atoms with Crippen molar-refractivity contribution in [3.05, 3.63) is 24.3 Å². The van der Waals surface area contributed by atoms with Crippen LogP contribution in [0.1, 0.15) is 0 Å². The van der Waals surface area contributed by atoms with Gasteiger partial charge >= 0.3 is 0 Å². The van der Waals surface area contributed by atoms with Gasteiger partial charge in [0.05, 0.1) is 16.3 Å². The van der Waals surface area contributed by atoms with Crippen LogP contribution in [-0.4, -0.2) is 32.6 Å². The fourth-order valence-electron chi connectivity index (χ4n) is 1.59. The third-order valence-electron chi connectivity index (χ3n) is 2.34. The Bertz CT molecular complexity index is 441. The summed E-state index contributed by atoms with van der Waals surface area (Å²) in [6.07, 6.45) is 0. The van der Waals surface area contributed by atoms with Crippen molar-refractivity contribution in [3.8, 4) is 0 Å². The number of fused-ring (bicyclic) bond motifs is 1. The maximum Gasteiger partial charge on any atom is 0.182 e. The summed E-state index contributed by atoms with van der Waals surface area (Å²) in [5.41, 5.74) is 0.598. The summed E-state index contributed by atoms with van der Waals surface area (Å²) in [5.74, 6) is 0.0740. The van der Waals surface area contributed by atoms with Crippen molar-refractivity contribution < 1.29 is 13.5 Å². The van der Waals surface area contributed by atoms with E-state index in [1.165, 1.54) is 0 Å². The predicted octanol–water partition coefficient (Wildman–Crippen LogP) is 0.230. The molecule has 0 saturated heterocycles. The van der Waals surface area contributed by atoms with Crippen LogP contribution in [0.4, 0.5) is 5.69 Å². The number of hydrogen-bond acceptors (Lipinski definition) is 4. The average molecular weight is 213 g/mol. The number of nitrogens with zero attached hydrogens (tertiary/aromatic N) is 1. The molecular formula is C9H11NO3S. The SMILES string of the molecule is O=S1(=O)CCN(CO)c2ccccc21. The largest absolute Gasteiger partial charge is 0.376 e. The Morgan fingerprint density at radius 3 is 2.79 bits per heavy atom. The normalized spacial score (nSPS) is 19.1. The van der Waals surface area contributed by atoms with Gasteiger partial charge in [-0.3, -0.25) is 0 Å². The van der Waals surface area contributed by atoms with Gasteiger partial charge in [-0.15, -0.1) is 0 Å². The highest BCUT2D eigenvalue weighted by molar-refractivity contribution is 7.91. The maximum atomic E-state index is 11.6. The molecule has 1 aliphatic rings. The standard InChI is InChI=1S/C9H11NO3S/c11-7-10-5-6-14(12,13)9-4-2-1-3-8(9)10/h1-4,11H,5-7H2. The number of anilines is 1. The molecular weight excluding hydrogens is 202 g/mol. The Morgan fingerprint density at radius 1 is 1.36 bits per heavy atom. The third kappa shape index (κ3) is 1.38. The van der Waals surface area contributed by atoms with Gasteiger partial charge < -0.3 is 10.0 Å². The van der Waals surface area contributed by atoms with Crippen LogP contribution in [0.2, 0.25) is 0 Å². The van der Waals surface area contributed by atoms with E-state index in [0.717, 1.165) is 0 Å². The molecule has 0 radical (unpaired) electrons. The first-order valence-electron chi connectivity index (χ1n) is 4.33. The van der Waals surface area contributed by atoms with Crippen LogP contribution < -0.4 is 4.90 Å². The van der Waals surface area contributed by atoms with Crippen LogP contribution in [0.15, 0.2) is 29.2 Å². The number of benzene rings is 1. The van der Waals surface area contributed by atoms with Gasteiger partial charge in [-0.05, 0) is 12.1 Å². The summed E-state index contributed by atoms with van der Waals surface area (Å²) in [6, 6.07) is 6.74. The molecule has 1 aliphatic heterocycles. The van der Waals surface area contributed by atoms with E-state index in [2.05, 4.69) is 0 Å². The monoisotopic (exact) mass is 213 g/mol. The molecule has 0 bridgehead atoms. The summed E-state index contributed by atoms with van der Waals surface area (Å²) in [5, 5.41) is 9.04. The first-order chi connectivity index (χ1) is 6.65. The lowest BCUT2D eigenvalue weighted by molar-refractivity contribution is 0.291. The second-order valence-corrected chi connectivity index (χ2v) is 5.27. The molecule has 0 unspecified atom stereocenters. The predicted molar refractivity (Wildman–Crippen MR) is 52.9 cm³/mol. The van der Waals surface area contributed by atoms with Crippen molar-refractivity contribution in [1.82, 2.24) is 0 Å². The minimum atomic E-state index is -3.14. The smallest absolute Gasteiger partial charge is 0.182 e. The highest BCUT2D eigenvalue weighted by atomic mass is 32.2. The number of sulfone groups is 1. The van der Waals surface area contributed by atoms with Gasteiger partial charge in [0.1, 0.15) is 6.73 Å². The Balaban J connectivity index is 2.61. The van der Waals surface area contributed by atoms with Gasteiger partial charge in [0.15, 0.2) is 9.84 Å². The molecule has 0 amide bonds. The van der Waals surface area contributed by atoms with E-state index in [4.69, 9.17) is 5.11 Å². The van der Waals surface area contributed by atoms with E-state index < -0.39 is 9.84 Å². The molecule has 4 nitrogen and oxygen atoms in total.